The van der Waals surface area contributed by atoms with E-state index in [4.69, 9.17) is 4.99 Å². The number of nitrogens with zero attached hydrogens (tertiary/aromatic N) is 5. The van der Waals surface area contributed by atoms with Crippen molar-refractivity contribution in [1.29, 1.82) is 0 Å². The summed E-state index contributed by atoms with van der Waals surface area (Å²) in [5.74, 6) is 3.66. The Hall–Kier alpha value is -2.07. The van der Waals surface area contributed by atoms with Crippen molar-refractivity contribution in [3.05, 3.63) is 72.7 Å². The molecule has 1 aliphatic heterocycles. The zero-order chi connectivity index (χ0) is 20.6. The number of thioether (sulfide) groups is 1. The smallest absolute Gasteiger partial charge is 0.194 e. The van der Waals surface area contributed by atoms with E-state index in [1.807, 2.05) is 42.4 Å². The third-order valence-corrected chi connectivity index (χ3v) is 6.35. The molecule has 164 valence electrons. The van der Waals surface area contributed by atoms with Crippen LogP contribution < -0.4 is 5.32 Å². The fourth-order valence-corrected chi connectivity index (χ4v) is 4.62. The Balaban J connectivity index is 0.00000272. The Morgan fingerprint density at radius 1 is 1.19 bits per heavy atom. The molecule has 1 aliphatic rings. The highest BCUT2D eigenvalue weighted by Gasteiger charge is 2.24. The third-order valence-electron chi connectivity index (χ3n) is 5.11. The zero-order valence-electron chi connectivity index (χ0n) is 17.7. The van der Waals surface area contributed by atoms with Gasteiger partial charge in [0, 0.05) is 48.9 Å². The van der Waals surface area contributed by atoms with Crippen LogP contribution in [0.4, 0.5) is 0 Å². The van der Waals surface area contributed by atoms with Crippen molar-refractivity contribution in [2.75, 3.05) is 25.4 Å². The van der Waals surface area contributed by atoms with Gasteiger partial charge >= 0.3 is 0 Å². The second-order valence-corrected chi connectivity index (χ2v) is 8.46. The Morgan fingerprint density at radius 3 is 2.84 bits per heavy atom. The number of rotatable bonds is 7. The molecule has 8 heteroatoms. The second kappa shape index (κ2) is 12.1. The number of aromatic nitrogens is 3. The molecule has 1 atom stereocenters. The number of guanidine groups is 1. The van der Waals surface area contributed by atoms with E-state index in [1.54, 1.807) is 10.9 Å². The molecular weight excluding hydrogens is 519 g/mol. The predicted octanol–water partition coefficient (Wildman–Crippen LogP) is 4.47. The van der Waals surface area contributed by atoms with Crippen LogP contribution in [-0.2, 0) is 6.54 Å². The molecule has 31 heavy (non-hydrogen) atoms. The first kappa shape index (κ1) is 23.6. The number of hydrogen-bond acceptors (Lipinski definition) is 4. The highest BCUT2D eigenvalue weighted by molar-refractivity contribution is 14.0. The van der Waals surface area contributed by atoms with E-state index >= 15 is 0 Å². The van der Waals surface area contributed by atoms with Crippen LogP contribution in [-0.4, -0.2) is 51.0 Å². The summed E-state index contributed by atoms with van der Waals surface area (Å²) in [6.45, 7) is 5.73. The number of likely N-dealkylation sites (tertiary alicyclic amines) is 1. The van der Waals surface area contributed by atoms with Crippen LogP contribution in [0.15, 0.2) is 77.0 Å². The lowest BCUT2D eigenvalue weighted by Crippen LogP contribution is -2.40. The van der Waals surface area contributed by atoms with Crippen molar-refractivity contribution >= 4 is 41.7 Å². The van der Waals surface area contributed by atoms with Crippen molar-refractivity contribution in [2.45, 2.75) is 24.8 Å². The number of pyridine rings is 1. The molecule has 0 saturated carbocycles. The van der Waals surface area contributed by atoms with E-state index in [2.05, 4.69) is 57.6 Å². The van der Waals surface area contributed by atoms with E-state index in [1.165, 1.54) is 11.3 Å². The van der Waals surface area contributed by atoms with E-state index in [-0.39, 0.29) is 24.0 Å². The molecule has 4 rings (SSSR count). The average Bonchev–Trinajstić information content (AvgIpc) is 3.49. The summed E-state index contributed by atoms with van der Waals surface area (Å²) < 4.78 is 1.77. The summed E-state index contributed by atoms with van der Waals surface area (Å²) in [6.07, 6.45) is 6.69. The van der Waals surface area contributed by atoms with Crippen LogP contribution in [0, 0.1) is 5.92 Å². The summed E-state index contributed by atoms with van der Waals surface area (Å²) in [6, 6.07) is 16.6. The molecule has 1 N–H and O–H groups in total. The fraction of sp³-hybridized carbons (Fsp3) is 0.348. The lowest BCUT2D eigenvalue weighted by molar-refractivity contribution is 0.474. The highest BCUT2D eigenvalue weighted by atomic mass is 127. The Morgan fingerprint density at radius 2 is 2.06 bits per heavy atom. The van der Waals surface area contributed by atoms with Gasteiger partial charge in [0.1, 0.15) is 0 Å². The second-order valence-electron chi connectivity index (χ2n) is 7.37. The van der Waals surface area contributed by atoms with Gasteiger partial charge in [0.2, 0.25) is 0 Å². The van der Waals surface area contributed by atoms with Crippen LogP contribution >= 0.6 is 35.7 Å². The van der Waals surface area contributed by atoms with Gasteiger partial charge < -0.3 is 10.2 Å². The lowest BCUT2D eigenvalue weighted by atomic mass is 10.2. The number of aliphatic imine (C=N–C) groups is 1. The third kappa shape index (κ3) is 6.70. The van der Waals surface area contributed by atoms with E-state index in [0.717, 1.165) is 42.7 Å². The van der Waals surface area contributed by atoms with Gasteiger partial charge in [0.05, 0.1) is 6.54 Å². The zero-order valence-corrected chi connectivity index (χ0v) is 20.9. The number of hydrogen-bond donors (Lipinski definition) is 1. The molecule has 0 spiro atoms. The number of halogens is 1. The first-order valence-electron chi connectivity index (χ1n) is 10.5. The van der Waals surface area contributed by atoms with Gasteiger partial charge in [-0.1, -0.05) is 18.2 Å². The van der Waals surface area contributed by atoms with Crippen LogP contribution in [0.2, 0.25) is 0 Å². The normalized spacial score (nSPS) is 16.2. The average molecular weight is 548 g/mol. The fourth-order valence-electron chi connectivity index (χ4n) is 3.57. The molecule has 0 aliphatic carbocycles. The highest BCUT2D eigenvalue weighted by Crippen LogP contribution is 2.26. The van der Waals surface area contributed by atoms with Gasteiger partial charge in [-0.2, -0.15) is 5.10 Å². The largest absolute Gasteiger partial charge is 0.357 e. The molecule has 6 nitrogen and oxygen atoms in total. The van der Waals surface area contributed by atoms with Gasteiger partial charge in [0.25, 0.3) is 0 Å². The Labute approximate surface area is 205 Å². The van der Waals surface area contributed by atoms with Crippen LogP contribution in [0.1, 0.15) is 18.9 Å². The SMILES string of the molecule is CCNC(=NCc1ccnc(-n2cccn2)c1)N1CCC(CSc2ccccc2)C1.I. The molecule has 1 unspecified atom stereocenters. The maximum atomic E-state index is 4.91. The number of benzene rings is 1. The van der Waals surface area contributed by atoms with Gasteiger partial charge in [0.15, 0.2) is 11.8 Å². The molecule has 3 aromatic rings. The minimum absolute atomic E-state index is 0. The van der Waals surface area contributed by atoms with E-state index in [0.29, 0.717) is 12.5 Å². The standard InChI is InChI=1S/C23H28N6S.HI/c1-2-24-23(26-16-19-9-12-25-22(15-19)29-13-6-11-27-29)28-14-10-20(17-28)18-30-21-7-4-3-5-8-21;/h3-9,11-13,15,20H,2,10,14,16-18H2,1H3,(H,24,26);1H. The van der Waals surface area contributed by atoms with Crippen molar-refractivity contribution < 1.29 is 0 Å². The maximum absolute atomic E-state index is 4.91. The summed E-state index contributed by atoms with van der Waals surface area (Å²) >= 11 is 1.95. The van der Waals surface area contributed by atoms with Crippen molar-refractivity contribution in [3.63, 3.8) is 0 Å². The topological polar surface area (TPSA) is 58.3 Å². The minimum atomic E-state index is 0. The Kier molecular flexibility index (Phi) is 9.20. The van der Waals surface area contributed by atoms with Crippen LogP contribution in [0.3, 0.4) is 0 Å². The summed E-state index contributed by atoms with van der Waals surface area (Å²) in [7, 11) is 0. The molecule has 1 fully saturated rings. The van der Waals surface area contributed by atoms with E-state index in [9.17, 15) is 0 Å². The summed E-state index contributed by atoms with van der Waals surface area (Å²) in [5.41, 5.74) is 1.13. The summed E-state index contributed by atoms with van der Waals surface area (Å²) in [5, 5.41) is 7.73. The van der Waals surface area contributed by atoms with Gasteiger partial charge in [-0.3, -0.25) is 0 Å². The first-order chi connectivity index (χ1) is 14.8. The molecule has 0 amide bonds. The van der Waals surface area contributed by atoms with Crippen molar-refractivity contribution in [2.24, 2.45) is 10.9 Å². The van der Waals surface area contributed by atoms with Gasteiger partial charge in [-0.15, -0.1) is 35.7 Å². The minimum Gasteiger partial charge on any atom is -0.357 e. The molecule has 0 radical (unpaired) electrons. The van der Waals surface area contributed by atoms with Crippen LogP contribution in [0.25, 0.3) is 5.82 Å². The van der Waals surface area contributed by atoms with E-state index < -0.39 is 0 Å². The number of nitrogens with one attached hydrogen (secondary N) is 1. The van der Waals surface area contributed by atoms with Crippen molar-refractivity contribution in [1.82, 2.24) is 25.0 Å². The van der Waals surface area contributed by atoms with Gasteiger partial charge in [-0.05, 0) is 55.2 Å². The molecule has 1 saturated heterocycles. The summed E-state index contributed by atoms with van der Waals surface area (Å²) in [4.78, 5) is 13.1. The Bertz CT molecular complexity index is 948. The maximum Gasteiger partial charge on any atom is 0.194 e. The molecule has 3 heterocycles. The molecule has 2 aromatic heterocycles. The first-order valence-corrected chi connectivity index (χ1v) is 11.5. The molecular formula is C23H29IN6S. The quantitative estimate of drug-likeness (QED) is 0.205. The van der Waals surface area contributed by atoms with Gasteiger partial charge in [-0.25, -0.2) is 14.7 Å². The monoisotopic (exact) mass is 548 g/mol. The van der Waals surface area contributed by atoms with Crippen LogP contribution in [0.5, 0.6) is 0 Å². The van der Waals surface area contributed by atoms with Crippen molar-refractivity contribution in [3.8, 4) is 5.82 Å². The predicted molar refractivity (Wildman–Crippen MR) is 138 cm³/mol. The lowest BCUT2D eigenvalue weighted by Gasteiger charge is -2.21. The molecule has 0 bridgehead atoms. The molecule has 1 aromatic carbocycles.